The molecule has 3 atom stereocenters. The molecular weight excluding hydrogens is 502 g/mol. The largest absolute Gasteiger partial charge is 0.479 e. The first-order valence-electron chi connectivity index (χ1n) is 11.9. The average Bonchev–Trinajstić information content (AvgIpc) is 3.67. The van der Waals surface area contributed by atoms with Crippen LogP contribution in [0.25, 0.3) is 0 Å². The number of ether oxygens (including phenoxy) is 2. The summed E-state index contributed by atoms with van der Waals surface area (Å²) < 4.78 is 43.0. The molecule has 0 heterocycles. The number of aliphatic carboxylic acids is 1. The molecule has 37 heavy (non-hydrogen) atoms. The van der Waals surface area contributed by atoms with Gasteiger partial charge >= 0.3 is 11.9 Å². The Balaban J connectivity index is 1.77. The molecule has 4 rings (SSSR count). The van der Waals surface area contributed by atoms with E-state index < -0.39 is 34.9 Å². The molecule has 5 nitrogen and oxygen atoms in total. The molecule has 194 valence electrons. The zero-order valence-electron chi connectivity index (χ0n) is 20.4. The van der Waals surface area contributed by atoms with Crippen LogP contribution in [0.1, 0.15) is 43.7 Å². The number of carbonyl (C=O) groups excluding carboxylic acids is 1. The summed E-state index contributed by atoms with van der Waals surface area (Å²) in [7, 11) is 0. The molecule has 0 aliphatic heterocycles. The minimum Gasteiger partial charge on any atom is -0.479 e. The summed E-state index contributed by atoms with van der Waals surface area (Å²) in [6.07, 6.45) is 0.930. The van der Waals surface area contributed by atoms with Crippen molar-refractivity contribution in [2.45, 2.75) is 50.3 Å². The highest BCUT2D eigenvalue weighted by atomic mass is 35.5. The van der Waals surface area contributed by atoms with Gasteiger partial charge in [-0.2, -0.15) is 0 Å². The fourth-order valence-corrected chi connectivity index (χ4v) is 5.04. The van der Waals surface area contributed by atoms with Gasteiger partial charge < -0.3 is 14.6 Å². The van der Waals surface area contributed by atoms with Crippen molar-refractivity contribution in [1.82, 2.24) is 0 Å². The molecule has 0 amide bonds. The predicted molar refractivity (Wildman–Crippen MR) is 135 cm³/mol. The van der Waals surface area contributed by atoms with Gasteiger partial charge in [-0.05, 0) is 73.2 Å². The molecule has 0 saturated heterocycles. The van der Waals surface area contributed by atoms with Crippen LogP contribution in [0.15, 0.2) is 72.8 Å². The number of rotatable bonds is 10. The molecule has 1 fully saturated rings. The van der Waals surface area contributed by atoms with Crippen molar-refractivity contribution in [3.05, 3.63) is 94.8 Å². The molecule has 0 spiro atoms. The van der Waals surface area contributed by atoms with E-state index in [1.165, 1.54) is 19.1 Å². The second-order valence-corrected chi connectivity index (χ2v) is 10.0. The Labute approximate surface area is 219 Å². The van der Waals surface area contributed by atoms with Crippen molar-refractivity contribution in [3.8, 4) is 11.5 Å². The maximum Gasteiger partial charge on any atom is 0.346 e. The number of hydrogen-bond donors (Lipinski definition) is 1. The Bertz CT molecular complexity index is 1280. The highest BCUT2D eigenvalue weighted by Crippen LogP contribution is 2.55. The summed E-state index contributed by atoms with van der Waals surface area (Å²) in [6.45, 7) is 2.37. The predicted octanol–water partition coefficient (Wildman–Crippen LogP) is 7.12. The van der Waals surface area contributed by atoms with Crippen LogP contribution < -0.4 is 4.74 Å². The van der Waals surface area contributed by atoms with Crippen LogP contribution in [0.3, 0.4) is 0 Å². The van der Waals surface area contributed by atoms with E-state index >= 15 is 4.39 Å². The molecule has 3 aromatic carbocycles. The first kappa shape index (κ1) is 26.6. The highest BCUT2D eigenvalue weighted by molar-refractivity contribution is 6.30. The number of carboxylic acid groups (broad SMARTS) is 1. The van der Waals surface area contributed by atoms with Gasteiger partial charge in [-0.1, -0.05) is 48.0 Å². The summed E-state index contributed by atoms with van der Waals surface area (Å²) in [5.41, 5.74) is -4.37. The van der Waals surface area contributed by atoms with Gasteiger partial charge in [0.25, 0.3) is 5.67 Å². The van der Waals surface area contributed by atoms with Gasteiger partial charge in [0.05, 0.1) is 0 Å². The monoisotopic (exact) mass is 528 g/mol. The summed E-state index contributed by atoms with van der Waals surface area (Å²) >= 11 is 6.02. The summed E-state index contributed by atoms with van der Waals surface area (Å²) in [5.74, 6) is -4.32. The lowest BCUT2D eigenvalue weighted by atomic mass is 9.68. The fraction of sp³-hybridized carbons (Fsp3) is 0.310. The van der Waals surface area contributed by atoms with Crippen LogP contribution in [0, 0.1) is 11.7 Å². The lowest BCUT2D eigenvalue weighted by Gasteiger charge is -2.44. The third-order valence-electron chi connectivity index (χ3n) is 6.71. The van der Waals surface area contributed by atoms with Crippen LogP contribution in [-0.2, 0) is 20.7 Å². The van der Waals surface area contributed by atoms with E-state index in [0.29, 0.717) is 34.7 Å². The number of alkyl halides is 1. The quantitative estimate of drug-likeness (QED) is 0.283. The Morgan fingerprint density at radius 1 is 1.08 bits per heavy atom. The second-order valence-electron chi connectivity index (χ2n) is 9.56. The Hall–Kier alpha value is -3.45. The van der Waals surface area contributed by atoms with Gasteiger partial charge in [-0.3, -0.25) is 4.79 Å². The van der Waals surface area contributed by atoms with Crippen molar-refractivity contribution in [1.29, 1.82) is 0 Å². The number of para-hydroxylation sites is 1. The zero-order chi connectivity index (χ0) is 26.8. The van der Waals surface area contributed by atoms with Gasteiger partial charge in [-0.25, -0.2) is 13.6 Å². The minimum atomic E-state index is -3.01. The molecule has 1 aliphatic rings. The molecule has 1 saturated carbocycles. The lowest BCUT2D eigenvalue weighted by molar-refractivity contribution is -0.194. The van der Waals surface area contributed by atoms with Gasteiger partial charge in [0.15, 0.2) is 17.2 Å². The molecule has 0 radical (unpaired) electrons. The molecule has 0 unspecified atom stereocenters. The highest BCUT2D eigenvalue weighted by Gasteiger charge is 2.65. The fourth-order valence-electron chi connectivity index (χ4n) is 4.91. The molecule has 1 aliphatic carbocycles. The Morgan fingerprint density at radius 3 is 2.30 bits per heavy atom. The number of carbonyl (C=O) groups is 2. The smallest absolute Gasteiger partial charge is 0.346 e. The molecule has 0 bridgehead atoms. The molecule has 8 heteroatoms. The van der Waals surface area contributed by atoms with Gasteiger partial charge in [0.2, 0.25) is 0 Å². The SMILES string of the molecule is CC(=O)O[C@](C)(Cc1ccc(F)c(Oc2ccccc2)c1)[C@](F)(C(=O)O)[C@@H](c1ccc(Cl)cc1)C1CC1. The third-order valence-corrected chi connectivity index (χ3v) is 6.96. The van der Waals surface area contributed by atoms with Crippen molar-refractivity contribution < 1.29 is 33.0 Å². The molecular formula is C29H27ClF2O5. The Morgan fingerprint density at radius 2 is 1.73 bits per heavy atom. The Kier molecular flexibility index (Phi) is 7.55. The lowest BCUT2D eigenvalue weighted by Crippen LogP contribution is -2.61. The summed E-state index contributed by atoms with van der Waals surface area (Å²) in [4.78, 5) is 24.9. The first-order chi connectivity index (χ1) is 17.5. The van der Waals surface area contributed by atoms with Crippen molar-refractivity contribution >= 4 is 23.5 Å². The van der Waals surface area contributed by atoms with E-state index in [-0.39, 0.29) is 18.1 Å². The zero-order valence-corrected chi connectivity index (χ0v) is 21.2. The van der Waals surface area contributed by atoms with Gasteiger partial charge in [0.1, 0.15) is 5.75 Å². The average molecular weight is 529 g/mol. The van der Waals surface area contributed by atoms with Gasteiger partial charge in [-0.15, -0.1) is 0 Å². The molecule has 0 aromatic heterocycles. The van der Waals surface area contributed by atoms with E-state index in [1.807, 2.05) is 0 Å². The topological polar surface area (TPSA) is 72.8 Å². The molecule has 1 N–H and O–H groups in total. The van der Waals surface area contributed by atoms with E-state index in [4.69, 9.17) is 21.1 Å². The van der Waals surface area contributed by atoms with Crippen LogP contribution >= 0.6 is 11.6 Å². The minimum absolute atomic E-state index is 0.120. The van der Waals surface area contributed by atoms with Crippen LogP contribution in [-0.4, -0.2) is 28.3 Å². The number of halogens is 3. The number of benzene rings is 3. The number of hydrogen-bond acceptors (Lipinski definition) is 4. The number of carboxylic acids is 1. The van der Waals surface area contributed by atoms with Crippen molar-refractivity contribution in [3.63, 3.8) is 0 Å². The standard InChI is InChI=1S/C29H27ClF2O5/c1-18(33)37-28(2,17-19-8-15-24(31)25(16-19)36-23-6-4-3-5-7-23)29(32,27(34)35)26(20-9-10-20)21-11-13-22(30)14-12-21/h3-8,11-16,20,26H,9-10,17H2,1-2H3,(H,34,35)/t26-,28-,29-/m1/s1. The maximum absolute atomic E-state index is 17.3. The van der Waals surface area contributed by atoms with E-state index in [9.17, 15) is 19.1 Å². The summed E-state index contributed by atoms with van der Waals surface area (Å²) in [5, 5.41) is 10.8. The third kappa shape index (κ3) is 5.62. The van der Waals surface area contributed by atoms with Crippen LogP contribution in [0.5, 0.6) is 11.5 Å². The van der Waals surface area contributed by atoms with Crippen molar-refractivity contribution in [2.75, 3.05) is 0 Å². The first-order valence-corrected chi connectivity index (χ1v) is 12.3. The van der Waals surface area contributed by atoms with Gasteiger partial charge in [0, 0.05) is 24.3 Å². The normalized spacial score (nSPS) is 17.2. The molecule has 3 aromatic rings. The van der Waals surface area contributed by atoms with E-state index in [1.54, 1.807) is 54.6 Å². The number of esters is 1. The second kappa shape index (κ2) is 10.5. The van der Waals surface area contributed by atoms with E-state index in [2.05, 4.69) is 0 Å². The van der Waals surface area contributed by atoms with Crippen LogP contribution in [0.2, 0.25) is 5.02 Å². The maximum atomic E-state index is 17.3. The van der Waals surface area contributed by atoms with Crippen LogP contribution in [0.4, 0.5) is 8.78 Å². The van der Waals surface area contributed by atoms with E-state index in [0.717, 1.165) is 13.0 Å². The summed E-state index contributed by atoms with van der Waals surface area (Å²) in [6, 6.07) is 18.8. The van der Waals surface area contributed by atoms with Crippen molar-refractivity contribution in [2.24, 2.45) is 5.92 Å².